The van der Waals surface area contributed by atoms with Crippen LogP contribution in [0.3, 0.4) is 0 Å². The third kappa shape index (κ3) is 4.48. The maximum atomic E-state index is 12.7. The lowest BCUT2D eigenvalue weighted by atomic mass is 10.2. The molecule has 0 spiro atoms. The zero-order chi connectivity index (χ0) is 17.7. The number of anilines is 1. The van der Waals surface area contributed by atoms with Crippen LogP contribution in [0.1, 0.15) is 18.9 Å². The molecule has 1 aromatic carbocycles. The minimum absolute atomic E-state index is 0.178. The minimum Gasteiger partial charge on any atom is -0.394 e. The first-order valence-corrected chi connectivity index (χ1v) is 7.25. The van der Waals surface area contributed by atoms with Gasteiger partial charge in [-0.05, 0) is 24.6 Å². The standard InChI is InChI=1S/C15H17F3N4O2/c1-2-11(9-23)19-14(24)20-13-6-7-22(21-13)12-5-3-4-10(8-12)15(16,17)18/h3-8,11,23H,2,9H2,1H3,(H2,19,20,21,24). The molecule has 1 aromatic heterocycles. The number of aliphatic hydroxyl groups excluding tert-OH is 1. The second-order valence-corrected chi connectivity index (χ2v) is 5.08. The van der Waals surface area contributed by atoms with Crippen LogP contribution in [-0.2, 0) is 6.18 Å². The summed E-state index contributed by atoms with van der Waals surface area (Å²) < 4.78 is 39.4. The van der Waals surface area contributed by atoms with Crippen molar-refractivity contribution in [3.8, 4) is 5.69 Å². The first-order valence-electron chi connectivity index (χ1n) is 7.25. The molecule has 0 aliphatic heterocycles. The number of urea groups is 1. The van der Waals surface area contributed by atoms with E-state index in [1.165, 1.54) is 29.1 Å². The molecule has 1 heterocycles. The van der Waals surface area contributed by atoms with Crippen molar-refractivity contribution in [2.45, 2.75) is 25.6 Å². The fraction of sp³-hybridized carbons (Fsp3) is 0.333. The molecule has 2 amide bonds. The van der Waals surface area contributed by atoms with Crippen LogP contribution < -0.4 is 10.6 Å². The third-order valence-corrected chi connectivity index (χ3v) is 3.32. The number of rotatable bonds is 5. The van der Waals surface area contributed by atoms with Crippen molar-refractivity contribution >= 4 is 11.8 Å². The van der Waals surface area contributed by atoms with Crippen molar-refractivity contribution in [3.05, 3.63) is 42.1 Å². The van der Waals surface area contributed by atoms with E-state index in [1.54, 1.807) is 0 Å². The Balaban J connectivity index is 2.10. The van der Waals surface area contributed by atoms with Crippen molar-refractivity contribution < 1.29 is 23.1 Å². The maximum Gasteiger partial charge on any atom is 0.416 e. The fourth-order valence-corrected chi connectivity index (χ4v) is 1.97. The first-order chi connectivity index (χ1) is 11.3. The quantitative estimate of drug-likeness (QED) is 0.782. The van der Waals surface area contributed by atoms with Gasteiger partial charge in [0.2, 0.25) is 0 Å². The number of halogens is 3. The van der Waals surface area contributed by atoms with Crippen LogP contribution in [0.25, 0.3) is 5.69 Å². The number of nitrogens with one attached hydrogen (secondary N) is 2. The summed E-state index contributed by atoms with van der Waals surface area (Å²) >= 11 is 0. The molecule has 130 valence electrons. The highest BCUT2D eigenvalue weighted by molar-refractivity contribution is 5.88. The van der Waals surface area contributed by atoms with E-state index >= 15 is 0 Å². The molecule has 0 radical (unpaired) electrons. The van der Waals surface area contributed by atoms with Crippen LogP contribution in [0.15, 0.2) is 36.5 Å². The molecular formula is C15H17F3N4O2. The first kappa shape index (κ1) is 17.8. The van der Waals surface area contributed by atoms with Crippen LogP contribution in [0.4, 0.5) is 23.8 Å². The second kappa shape index (κ2) is 7.35. The highest BCUT2D eigenvalue weighted by Crippen LogP contribution is 2.30. The van der Waals surface area contributed by atoms with Gasteiger partial charge in [0.05, 0.1) is 23.9 Å². The van der Waals surface area contributed by atoms with Crippen LogP contribution in [0, 0.1) is 0 Å². The molecule has 0 saturated heterocycles. The number of aliphatic hydroxyl groups is 1. The van der Waals surface area contributed by atoms with Crippen molar-refractivity contribution in [1.82, 2.24) is 15.1 Å². The Hall–Kier alpha value is -2.55. The van der Waals surface area contributed by atoms with E-state index in [0.717, 1.165) is 12.1 Å². The van der Waals surface area contributed by atoms with Gasteiger partial charge in [-0.2, -0.15) is 13.2 Å². The number of nitrogens with zero attached hydrogens (tertiary/aromatic N) is 2. The SMILES string of the molecule is CCC(CO)NC(=O)Nc1ccn(-c2cccc(C(F)(F)F)c2)n1. The zero-order valence-corrected chi connectivity index (χ0v) is 12.8. The molecule has 1 unspecified atom stereocenters. The largest absolute Gasteiger partial charge is 0.416 e. The van der Waals surface area contributed by atoms with Gasteiger partial charge < -0.3 is 10.4 Å². The number of aromatic nitrogens is 2. The van der Waals surface area contributed by atoms with Gasteiger partial charge in [-0.3, -0.25) is 5.32 Å². The van der Waals surface area contributed by atoms with Gasteiger partial charge in [0.25, 0.3) is 0 Å². The predicted octanol–water partition coefficient (Wildman–Crippen LogP) is 2.78. The number of hydrogen-bond acceptors (Lipinski definition) is 3. The van der Waals surface area contributed by atoms with E-state index in [0.29, 0.717) is 6.42 Å². The second-order valence-electron chi connectivity index (χ2n) is 5.08. The summed E-state index contributed by atoms with van der Waals surface area (Å²) in [4.78, 5) is 11.7. The smallest absolute Gasteiger partial charge is 0.394 e. The highest BCUT2D eigenvalue weighted by Gasteiger charge is 2.30. The van der Waals surface area contributed by atoms with Crippen LogP contribution in [0.5, 0.6) is 0 Å². The van der Waals surface area contributed by atoms with Crippen LogP contribution in [0.2, 0.25) is 0 Å². The van der Waals surface area contributed by atoms with E-state index in [2.05, 4.69) is 15.7 Å². The lowest BCUT2D eigenvalue weighted by molar-refractivity contribution is -0.137. The Morgan fingerprint density at radius 3 is 2.75 bits per heavy atom. The third-order valence-electron chi connectivity index (χ3n) is 3.32. The number of benzene rings is 1. The van der Waals surface area contributed by atoms with E-state index in [1.807, 2.05) is 6.92 Å². The molecule has 3 N–H and O–H groups in total. The molecule has 24 heavy (non-hydrogen) atoms. The van der Waals surface area contributed by atoms with Crippen LogP contribution in [-0.4, -0.2) is 33.6 Å². The summed E-state index contributed by atoms with van der Waals surface area (Å²) in [7, 11) is 0. The summed E-state index contributed by atoms with van der Waals surface area (Å²) in [6.45, 7) is 1.62. The summed E-state index contributed by atoms with van der Waals surface area (Å²) in [5.41, 5.74) is -0.559. The van der Waals surface area contributed by atoms with Gasteiger partial charge in [-0.15, -0.1) is 5.10 Å². The Morgan fingerprint density at radius 1 is 1.38 bits per heavy atom. The molecule has 2 aromatic rings. The summed E-state index contributed by atoms with van der Waals surface area (Å²) in [5, 5.41) is 18.1. The molecule has 9 heteroatoms. The average molecular weight is 342 g/mol. The van der Waals surface area contributed by atoms with Crippen LogP contribution >= 0.6 is 0 Å². The predicted molar refractivity (Wildman–Crippen MR) is 81.9 cm³/mol. The molecule has 6 nitrogen and oxygen atoms in total. The van der Waals surface area contributed by atoms with E-state index in [-0.39, 0.29) is 24.2 Å². The summed E-state index contributed by atoms with van der Waals surface area (Å²) in [6.07, 6.45) is -2.44. The van der Waals surface area contributed by atoms with Gasteiger partial charge in [0, 0.05) is 12.3 Å². The van der Waals surface area contributed by atoms with Gasteiger partial charge in [-0.1, -0.05) is 13.0 Å². The molecule has 0 aliphatic carbocycles. The molecule has 0 bridgehead atoms. The Bertz CT molecular complexity index is 696. The van der Waals surface area contributed by atoms with Gasteiger partial charge >= 0.3 is 12.2 Å². The van der Waals surface area contributed by atoms with Crippen molar-refractivity contribution in [1.29, 1.82) is 0 Å². The number of carbonyl (C=O) groups excluding carboxylic acids is 1. The molecule has 0 saturated carbocycles. The Kier molecular flexibility index (Phi) is 5.45. The number of alkyl halides is 3. The summed E-state index contributed by atoms with van der Waals surface area (Å²) in [6, 6.07) is 5.23. The number of hydrogen-bond donors (Lipinski definition) is 3. The molecule has 1 atom stereocenters. The number of amides is 2. The summed E-state index contributed by atoms with van der Waals surface area (Å²) in [5.74, 6) is 0.178. The Labute approximate surface area is 136 Å². The lowest BCUT2D eigenvalue weighted by Crippen LogP contribution is -2.39. The maximum absolute atomic E-state index is 12.7. The zero-order valence-electron chi connectivity index (χ0n) is 12.8. The molecular weight excluding hydrogens is 325 g/mol. The Morgan fingerprint density at radius 2 is 2.12 bits per heavy atom. The van der Waals surface area contributed by atoms with Gasteiger partial charge in [-0.25, -0.2) is 9.48 Å². The van der Waals surface area contributed by atoms with Crippen molar-refractivity contribution in [2.24, 2.45) is 0 Å². The fourth-order valence-electron chi connectivity index (χ4n) is 1.97. The molecule has 0 aliphatic rings. The van der Waals surface area contributed by atoms with Crippen molar-refractivity contribution in [2.75, 3.05) is 11.9 Å². The topological polar surface area (TPSA) is 79.2 Å². The van der Waals surface area contributed by atoms with Crippen molar-refractivity contribution in [3.63, 3.8) is 0 Å². The number of carbonyl (C=O) groups is 1. The molecule has 2 rings (SSSR count). The van der Waals surface area contributed by atoms with Gasteiger partial charge in [0.1, 0.15) is 0 Å². The van der Waals surface area contributed by atoms with E-state index in [4.69, 9.17) is 5.11 Å². The molecule has 0 fully saturated rings. The van der Waals surface area contributed by atoms with E-state index < -0.39 is 17.8 Å². The highest BCUT2D eigenvalue weighted by atomic mass is 19.4. The van der Waals surface area contributed by atoms with E-state index in [9.17, 15) is 18.0 Å². The lowest BCUT2D eigenvalue weighted by Gasteiger charge is -2.13. The normalized spacial score (nSPS) is 12.7. The monoisotopic (exact) mass is 342 g/mol. The average Bonchev–Trinajstić information content (AvgIpc) is 3.00. The minimum atomic E-state index is -4.44. The van der Waals surface area contributed by atoms with Gasteiger partial charge in [0.15, 0.2) is 5.82 Å².